The molecule has 1 amide bonds. The van der Waals surface area contributed by atoms with Crippen molar-refractivity contribution in [2.24, 2.45) is 5.73 Å². The van der Waals surface area contributed by atoms with Crippen molar-refractivity contribution in [2.75, 3.05) is 6.61 Å². The zero-order chi connectivity index (χ0) is 11.4. The summed E-state index contributed by atoms with van der Waals surface area (Å²) < 4.78 is 5.21. The number of carbonyl (C=O) groups is 1. The average molecular weight is 209 g/mol. The van der Waals surface area contributed by atoms with Crippen LogP contribution < -0.4 is 10.5 Å². The van der Waals surface area contributed by atoms with Crippen molar-refractivity contribution in [3.63, 3.8) is 0 Å². The van der Waals surface area contributed by atoms with Crippen molar-refractivity contribution in [1.29, 1.82) is 0 Å². The van der Waals surface area contributed by atoms with Crippen molar-refractivity contribution in [3.05, 3.63) is 29.3 Å². The summed E-state index contributed by atoms with van der Waals surface area (Å²) in [5.41, 5.74) is 6.63. The molecule has 0 aliphatic carbocycles. The molecule has 0 aliphatic heterocycles. The smallest absolute Gasteiger partial charge is 0.255 e. The quantitative estimate of drug-likeness (QED) is 0.774. The highest BCUT2D eigenvalue weighted by atomic mass is 16.5. The third-order valence-corrected chi connectivity index (χ3v) is 1.99. The summed E-state index contributed by atoms with van der Waals surface area (Å²) in [4.78, 5) is 10.6. The molecule has 0 aromatic heterocycles. The van der Waals surface area contributed by atoms with Crippen molar-refractivity contribution < 1.29 is 14.6 Å². The van der Waals surface area contributed by atoms with Crippen molar-refractivity contribution in [3.8, 4) is 5.75 Å². The molecule has 15 heavy (non-hydrogen) atoms. The second-order valence-corrected chi connectivity index (χ2v) is 3.47. The minimum absolute atomic E-state index is 0.177. The number of hydrogen-bond donors (Lipinski definition) is 2. The van der Waals surface area contributed by atoms with Gasteiger partial charge in [0.1, 0.15) is 5.75 Å². The van der Waals surface area contributed by atoms with Crippen LogP contribution in [0.3, 0.4) is 0 Å². The lowest BCUT2D eigenvalue weighted by Gasteiger charge is -2.13. The Morgan fingerprint density at radius 3 is 2.80 bits per heavy atom. The first-order valence-electron chi connectivity index (χ1n) is 4.70. The molecular formula is C11H15NO3. The molecule has 1 atom stereocenters. The van der Waals surface area contributed by atoms with Crippen molar-refractivity contribution in [2.45, 2.75) is 20.0 Å². The molecule has 0 spiro atoms. The number of rotatable bonds is 4. The molecule has 0 bridgehead atoms. The summed E-state index contributed by atoms with van der Waals surface area (Å²) in [7, 11) is 0. The molecule has 1 rings (SSSR count). The second-order valence-electron chi connectivity index (χ2n) is 3.47. The Kier molecular flexibility index (Phi) is 3.68. The van der Waals surface area contributed by atoms with E-state index in [9.17, 15) is 9.90 Å². The largest absolute Gasteiger partial charge is 0.483 e. The molecule has 1 aromatic carbocycles. The Bertz CT molecular complexity index is 361. The minimum Gasteiger partial charge on any atom is -0.483 e. The van der Waals surface area contributed by atoms with Gasteiger partial charge in [0, 0.05) is 5.56 Å². The van der Waals surface area contributed by atoms with Crippen LogP contribution in [0.1, 0.15) is 24.2 Å². The minimum atomic E-state index is -0.631. The number of amides is 1. The van der Waals surface area contributed by atoms with Gasteiger partial charge in [-0.05, 0) is 25.5 Å². The monoisotopic (exact) mass is 209 g/mol. The van der Waals surface area contributed by atoms with Crippen LogP contribution in [-0.4, -0.2) is 17.6 Å². The molecular weight excluding hydrogens is 194 g/mol. The lowest BCUT2D eigenvalue weighted by atomic mass is 10.1. The van der Waals surface area contributed by atoms with E-state index in [0.717, 1.165) is 5.56 Å². The fourth-order valence-electron chi connectivity index (χ4n) is 1.26. The van der Waals surface area contributed by atoms with Gasteiger partial charge in [-0.3, -0.25) is 4.79 Å². The van der Waals surface area contributed by atoms with Crippen LogP contribution >= 0.6 is 0 Å². The first-order chi connectivity index (χ1) is 7.00. The number of nitrogens with two attached hydrogens (primary N) is 1. The predicted molar refractivity (Wildman–Crippen MR) is 56.5 cm³/mol. The van der Waals surface area contributed by atoms with Crippen LogP contribution in [0, 0.1) is 6.92 Å². The van der Waals surface area contributed by atoms with Crippen LogP contribution in [-0.2, 0) is 4.79 Å². The molecule has 0 saturated carbocycles. The van der Waals surface area contributed by atoms with E-state index in [-0.39, 0.29) is 6.61 Å². The first kappa shape index (κ1) is 11.5. The van der Waals surface area contributed by atoms with E-state index >= 15 is 0 Å². The highest BCUT2D eigenvalue weighted by molar-refractivity contribution is 5.75. The van der Waals surface area contributed by atoms with E-state index in [4.69, 9.17) is 10.5 Å². The van der Waals surface area contributed by atoms with Crippen LogP contribution in [0.4, 0.5) is 0 Å². The van der Waals surface area contributed by atoms with E-state index < -0.39 is 12.0 Å². The van der Waals surface area contributed by atoms with Gasteiger partial charge in [-0.25, -0.2) is 0 Å². The summed E-state index contributed by atoms with van der Waals surface area (Å²) in [6.45, 7) is 3.37. The van der Waals surface area contributed by atoms with E-state index in [2.05, 4.69) is 0 Å². The Morgan fingerprint density at radius 1 is 1.60 bits per heavy atom. The Hall–Kier alpha value is -1.55. The number of aliphatic hydroxyl groups excluding tert-OH is 1. The Labute approximate surface area is 88.7 Å². The van der Waals surface area contributed by atoms with E-state index in [1.54, 1.807) is 19.1 Å². The molecule has 82 valence electrons. The fourth-order valence-corrected chi connectivity index (χ4v) is 1.26. The second kappa shape index (κ2) is 4.79. The maximum Gasteiger partial charge on any atom is 0.255 e. The molecule has 0 heterocycles. The highest BCUT2D eigenvalue weighted by Gasteiger charge is 2.09. The van der Waals surface area contributed by atoms with Gasteiger partial charge in [0.25, 0.3) is 5.91 Å². The standard InChI is InChI=1S/C11H15NO3/c1-7-3-4-9(8(2)13)10(5-7)15-6-11(12)14/h3-5,8,13H,6H2,1-2H3,(H2,12,14). The van der Waals surface area contributed by atoms with Gasteiger partial charge in [-0.1, -0.05) is 12.1 Å². The SMILES string of the molecule is Cc1ccc(C(C)O)c(OCC(N)=O)c1. The van der Waals surface area contributed by atoms with Crippen molar-refractivity contribution >= 4 is 5.91 Å². The Morgan fingerprint density at radius 2 is 2.27 bits per heavy atom. The third kappa shape index (κ3) is 3.25. The normalized spacial score (nSPS) is 12.2. The fraction of sp³-hybridized carbons (Fsp3) is 0.364. The molecule has 0 saturated heterocycles. The van der Waals surface area contributed by atoms with Gasteiger partial charge in [0.2, 0.25) is 0 Å². The van der Waals surface area contributed by atoms with Gasteiger partial charge >= 0.3 is 0 Å². The Balaban J connectivity index is 2.91. The average Bonchev–Trinajstić information content (AvgIpc) is 2.14. The third-order valence-electron chi connectivity index (χ3n) is 1.99. The van der Waals surface area contributed by atoms with Gasteiger partial charge in [0.15, 0.2) is 6.61 Å². The number of aliphatic hydroxyl groups is 1. The molecule has 1 aromatic rings. The lowest BCUT2D eigenvalue weighted by molar-refractivity contribution is -0.120. The van der Waals surface area contributed by atoms with Crippen LogP contribution in [0.5, 0.6) is 5.75 Å². The molecule has 0 fully saturated rings. The van der Waals surface area contributed by atoms with E-state index in [1.165, 1.54) is 0 Å². The molecule has 0 aliphatic rings. The number of hydrogen-bond acceptors (Lipinski definition) is 3. The molecule has 1 unspecified atom stereocenters. The van der Waals surface area contributed by atoms with Gasteiger partial charge in [-0.2, -0.15) is 0 Å². The molecule has 4 nitrogen and oxygen atoms in total. The van der Waals surface area contributed by atoms with Gasteiger partial charge in [-0.15, -0.1) is 0 Å². The molecule has 4 heteroatoms. The maximum absolute atomic E-state index is 10.6. The maximum atomic E-state index is 10.6. The van der Waals surface area contributed by atoms with E-state index in [1.807, 2.05) is 13.0 Å². The summed E-state index contributed by atoms with van der Waals surface area (Å²) in [5, 5.41) is 9.46. The topological polar surface area (TPSA) is 72.6 Å². The van der Waals surface area contributed by atoms with Crippen LogP contribution in [0.15, 0.2) is 18.2 Å². The highest BCUT2D eigenvalue weighted by Crippen LogP contribution is 2.26. The predicted octanol–water partition coefficient (Wildman–Crippen LogP) is 0.912. The number of primary amides is 1. The van der Waals surface area contributed by atoms with Gasteiger partial charge < -0.3 is 15.6 Å². The summed E-state index contributed by atoms with van der Waals surface area (Å²) in [6.07, 6.45) is -0.631. The van der Waals surface area contributed by atoms with Crippen LogP contribution in [0.2, 0.25) is 0 Å². The zero-order valence-corrected chi connectivity index (χ0v) is 8.86. The molecule has 3 N–H and O–H groups in total. The summed E-state index contributed by atoms with van der Waals surface area (Å²) in [5.74, 6) is -0.0307. The lowest BCUT2D eigenvalue weighted by Crippen LogP contribution is -2.20. The number of ether oxygens (including phenoxy) is 1. The van der Waals surface area contributed by atoms with E-state index in [0.29, 0.717) is 11.3 Å². The molecule has 0 radical (unpaired) electrons. The van der Waals surface area contributed by atoms with Crippen molar-refractivity contribution in [1.82, 2.24) is 0 Å². The summed E-state index contributed by atoms with van der Waals surface area (Å²) >= 11 is 0. The van der Waals surface area contributed by atoms with Crippen LogP contribution in [0.25, 0.3) is 0 Å². The number of carbonyl (C=O) groups excluding carboxylic acids is 1. The van der Waals surface area contributed by atoms with Gasteiger partial charge in [0.05, 0.1) is 6.10 Å². The first-order valence-corrected chi connectivity index (χ1v) is 4.70. The number of benzene rings is 1. The summed E-state index contributed by atoms with van der Waals surface area (Å²) in [6, 6.07) is 5.42. The number of aryl methyl sites for hydroxylation is 1. The zero-order valence-electron chi connectivity index (χ0n) is 8.86.